The van der Waals surface area contributed by atoms with Crippen LogP contribution < -0.4 is 11.4 Å². The van der Waals surface area contributed by atoms with E-state index < -0.39 is 37.5 Å². The maximum atomic E-state index is 12.2. The maximum Gasteiger partial charge on any atom is 0.472 e. The first-order chi connectivity index (χ1) is 11.2. The highest BCUT2D eigenvalue weighted by atomic mass is 31.2. The lowest BCUT2D eigenvalue weighted by Gasteiger charge is -2.30. The topological polar surface area (TPSA) is 135 Å². The molecule has 2 aliphatic rings. The summed E-state index contributed by atoms with van der Waals surface area (Å²) in [4.78, 5) is 25.6. The molecule has 24 heavy (non-hydrogen) atoms. The van der Waals surface area contributed by atoms with Gasteiger partial charge in [0.1, 0.15) is 23.6 Å². The van der Waals surface area contributed by atoms with Gasteiger partial charge in [0.05, 0.1) is 6.61 Å². The van der Waals surface area contributed by atoms with E-state index in [4.69, 9.17) is 19.7 Å². The Labute approximate surface area is 138 Å². The van der Waals surface area contributed by atoms with Crippen LogP contribution in [0.25, 0.3) is 0 Å². The average Bonchev–Trinajstić information content (AvgIpc) is 3.03. The second-order valence-electron chi connectivity index (χ2n) is 5.88. The first-order valence-corrected chi connectivity index (χ1v) is 8.94. The number of anilines is 1. The number of rotatable bonds is 5. The molecule has 0 aliphatic carbocycles. The lowest BCUT2D eigenvalue weighted by Crippen LogP contribution is -2.41. The molecule has 4 unspecified atom stereocenters. The number of aryl methyl sites for hydroxylation is 1. The van der Waals surface area contributed by atoms with Gasteiger partial charge in [0.2, 0.25) is 0 Å². The van der Waals surface area contributed by atoms with Gasteiger partial charge in [0, 0.05) is 18.9 Å². The normalized spacial score (nSPS) is 34.4. The summed E-state index contributed by atoms with van der Waals surface area (Å²) in [6.45, 7) is 3.74. The Hall–Kier alpha value is -1.29. The predicted molar refractivity (Wildman–Crippen MR) is 82.2 cm³/mol. The molecular weight excluding hydrogens is 341 g/mol. The monoisotopic (exact) mass is 361 g/mol. The number of phosphoric ester groups is 1. The Kier molecular flexibility index (Phi) is 4.31. The fraction of sp³-hybridized carbons (Fsp3) is 0.692. The number of hydrogen-bond donors (Lipinski definition) is 2. The molecule has 3 heterocycles. The van der Waals surface area contributed by atoms with Crippen molar-refractivity contribution in [2.24, 2.45) is 0 Å². The highest BCUT2D eigenvalue weighted by Crippen LogP contribution is 2.54. The van der Waals surface area contributed by atoms with Crippen LogP contribution in [0.5, 0.6) is 0 Å². The van der Waals surface area contributed by atoms with Crippen molar-refractivity contribution in [2.75, 3.05) is 19.5 Å². The molecule has 0 amide bonds. The third-order valence-electron chi connectivity index (χ3n) is 4.50. The van der Waals surface area contributed by atoms with E-state index in [1.807, 2.05) is 6.92 Å². The summed E-state index contributed by atoms with van der Waals surface area (Å²) in [5.74, 6) is 0.137. The van der Waals surface area contributed by atoms with Gasteiger partial charge >= 0.3 is 13.5 Å². The van der Waals surface area contributed by atoms with E-state index in [1.165, 1.54) is 10.8 Å². The van der Waals surface area contributed by atoms with Crippen molar-refractivity contribution < 1.29 is 28.0 Å². The third-order valence-corrected chi connectivity index (χ3v) is 5.45. The van der Waals surface area contributed by atoms with Gasteiger partial charge in [-0.15, -0.1) is 0 Å². The number of aromatic nitrogens is 2. The number of phosphoric acid groups is 1. The zero-order chi connectivity index (χ0) is 17.7. The maximum absolute atomic E-state index is 12.2. The number of hydrogen-bond acceptors (Lipinski definition) is 8. The first-order valence-electron chi connectivity index (χ1n) is 7.44. The lowest BCUT2D eigenvalue weighted by molar-refractivity contribution is -0.175. The van der Waals surface area contributed by atoms with Crippen molar-refractivity contribution in [2.45, 2.75) is 44.3 Å². The van der Waals surface area contributed by atoms with E-state index in [-0.39, 0.29) is 12.4 Å². The molecule has 0 spiro atoms. The fourth-order valence-electron chi connectivity index (χ4n) is 3.05. The van der Waals surface area contributed by atoms with E-state index in [0.717, 1.165) is 7.11 Å². The van der Waals surface area contributed by atoms with E-state index in [2.05, 4.69) is 9.51 Å². The van der Waals surface area contributed by atoms with E-state index in [9.17, 15) is 14.3 Å². The zero-order valence-electron chi connectivity index (χ0n) is 13.5. The van der Waals surface area contributed by atoms with Crippen molar-refractivity contribution in [3.8, 4) is 0 Å². The quantitative estimate of drug-likeness (QED) is 0.712. The van der Waals surface area contributed by atoms with Gasteiger partial charge < -0.3 is 20.1 Å². The molecule has 0 radical (unpaired) electrons. The molecule has 0 aromatic carbocycles. The van der Waals surface area contributed by atoms with Gasteiger partial charge in [-0.2, -0.15) is 4.98 Å². The molecule has 3 N–H and O–H groups in total. The van der Waals surface area contributed by atoms with Crippen LogP contribution in [0.15, 0.2) is 11.0 Å². The van der Waals surface area contributed by atoms with Gasteiger partial charge in [-0.3, -0.25) is 13.6 Å². The van der Waals surface area contributed by atoms with Crippen LogP contribution in [-0.2, 0) is 23.1 Å². The molecule has 134 valence electrons. The number of fused-ring (bicyclic) bond motifs is 2. The molecule has 11 heteroatoms. The van der Waals surface area contributed by atoms with Crippen LogP contribution in [0.3, 0.4) is 0 Å². The Morgan fingerprint density at radius 2 is 2.33 bits per heavy atom. The molecule has 2 fully saturated rings. The van der Waals surface area contributed by atoms with E-state index in [1.54, 1.807) is 6.92 Å². The highest BCUT2D eigenvalue weighted by Gasteiger charge is 2.63. The van der Waals surface area contributed by atoms with Gasteiger partial charge in [-0.25, -0.2) is 9.36 Å². The molecule has 1 aromatic rings. The van der Waals surface area contributed by atoms with Crippen molar-refractivity contribution in [3.05, 3.63) is 22.2 Å². The van der Waals surface area contributed by atoms with E-state index >= 15 is 0 Å². The standard InChI is InChI=1S/C13H20N3O7P/c1-4-13-6-21-8(9(13)23-24(18,19)20-3)11(22-13)16-5-7(2)10(14)15-12(16)17/h5,8-9,11H,4,6H2,1-3H3,(H,18,19)(H2,14,15,17)/t8?,9?,11-,13?/m1/s1. The summed E-state index contributed by atoms with van der Waals surface area (Å²) < 4.78 is 34.5. The van der Waals surface area contributed by atoms with Crippen LogP contribution >= 0.6 is 7.82 Å². The molecule has 2 bridgehead atoms. The second-order valence-corrected chi connectivity index (χ2v) is 7.39. The minimum atomic E-state index is -4.24. The Morgan fingerprint density at radius 1 is 1.62 bits per heavy atom. The average molecular weight is 361 g/mol. The van der Waals surface area contributed by atoms with Crippen molar-refractivity contribution in [1.82, 2.24) is 9.55 Å². The number of nitrogen functional groups attached to an aromatic ring is 1. The molecule has 1 aromatic heterocycles. The van der Waals surface area contributed by atoms with Gasteiger partial charge in [-0.1, -0.05) is 6.92 Å². The largest absolute Gasteiger partial charge is 0.472 e. The molecule has 2 aliphatic heterocycles. The van der Waals surface area contributed by atoms with Crippen molar-refractivity contribution in [3.63, 3.8) is 0 Å². The Balaban J connectivity index is 1.98. The molecule has 10 nitrogen and oxygen atoms in total. The summed E-state index contributed by atoms with van der Waals surface area (Å²) >= 11 is 0. The minimum Gasteiger partial charge on any atom is -0.383 e. The first kappa shape index (κ1) is 17.5. The summed E-state index contributed by atoms with van der Waals surface area (Å²) in [5, 5.41) is 0. The van der Waals surface area contributed by atoms with Crippen molar-refractivity contribution >= 4 is 13.6 Å². The molecule has 2 saturated heterocycles. The van der Waals surface area contributed by atoms with Gasteiger partial charge in [0.25, 0.3) is 0 Å². The number of ether oxygens (including phenoxy) is 2. The minimum absolute atomic E-state index is 0.137. The van der Waals surface area contributed by atoms with Gasteiger partial charge in [0.15, 0.2) is 6.23 Å². The van der Waals surface area contributed by atoms with Crippen molar-refractivity contribution in [1.29, 1.82) is 0 Å². The van der Waals surface area contributed by atoms with E-state index in [0.29, 0.717) is 12.0 Å². The summed E-state index contributed by atoms with van der Waals surface area (Å²) in [6.07, 6.45) is -0.449. The van der Waals surface area contributed by atoms with Crippen LogP contribution in [0.1, 0.15) is 25.1 Å². The second kappa shape index (κ2) is 5.91. The van der Waals surface area contributed by atoms with Crippen LogP contribution in [0.4, 0.5) is 5.82 Å². The van der Waals surface area contributed by atoms with Crippen LogP contribution in [-0.4, -0.2) is 46.0 Å². The molecular formula is C13H20N3O7P. The van der Waals surface area contributed by atoms with Gasteiger partial charge in [-0.05, 0) is 13.3 Å². The van der Waals surface area contributed by atoms with Crippen LogP contribution in [0.2, 0.25) is 0 Å². The lowest BCUT2D eigenvalue weighted by atomic mass is 9.96. The van der Waals surface area contributed by atoms with Crippen LogP contribution in [0, 0.1) is 6.92 Å². The zero-order valence-corrected chi connectivity index (χ0v) is 14.4. The fourth-order valence-corrected chi connectivity index (χ4v) is 3.74. The summed E-state index contributed by atoms with van der Waals surface area (Å²) in [5.41, 5.74) is 4.70. The number of nitrogens with zero attached hydrogens (tertiary/aromatic N) is 2. The Morgan fingerprint density at radius 3 is 2.96 bits per heavy atom. The highest BCUT2D eigenvalue weighted by molar-refractivity contribution is 7.47. The molecule has 5 atom stereocenters. The summed E-state index contributed by atoms with van der Waals surface area (Å²) in [7, 11) is -3.17. The predicted octanol–water partition coefficient (Wildman–Crippen LogP) is 0.342. The SMILES string of the molecule is CCC12COC(C1OP(=O)(O)OC)[C@H](n1cc(C)c(N)nc1=O)O2. The molecule has 3 rings (SSSR count). The number of nitrogens with two attached hydrogens (primary N) is 1. The Bertz CT molecular complexity index is 754. The molecule has 0 saturated carbocycles. The third kappa shape index (κ3) is 2.69. The smallest absolute Gasteiger partial charge is 0.383 e. The summed E-state index contributed by atoms with van der Waals surface area (Å²) in [6, 6.07) is 0.